The van der Waals surface area contributed by atoms with Crippen LogP contribution in [0, 0.1) is 18.8 Å². The van der Waals surface area contributed by atoms with Gasteiger partial charge >= 0.3 is 5.97 Å². The maximum Gasteiger partial charge on any atom is 0.313 e. The number of allylic oxidation sites excluding steroid dienone is 2. The molecule has 0 spiro atoms. The van der Waals surface area contributed by atoms with Gasteiger partial charge in [-0.1, -0.05) is 87.0 Å². The zero-order valence-electron chi connectivity index (χ0n) is 40.8. The summed E-state index contributed by atoms with van der Waals surface area (Å²) in [4.78, 5) is 95.2. The molecule has 1 aromatic heterocycles. The van der Waals surface area contributed by atoms with Gasteiger partial charge in [0.25, 0.3) is 0 Å². The summed E-state index contributed by atoms with van der Waals surface area (Å²) < 4.78 is 11.6. The van der Waals surface area contributed by atoms with Gasteiger partial charge in [0, 0.05) is 36.3 Å². The molecule has 1 aliphatic carbocycles. The second-order valence-electron chi connectivity index (χ2n) is 17.8. The van der Waals surface area contributed by atoms with Crippen LogP contribution in [0.4, 0.5) is 0 Å². The molecule has 1 aliphatic heterocycles. The van der Waals surface area contributed by atoms with E-state index in [0.717, 1.165) is 62.0 Å². The summed E-state index contributed by atoms with van der Waals surface area (Å²) in [5.41, 5.74) is 9.02. The molecule has 3 aromatic carbocycles. The smallest absolute Gasteiger partial charge is 0.313 e. The molecule has 6 N–H and O–H groups in total. The van der Waals surface area contributed by atoms with Crippen LogP contribution >= 0.6 is 0 Å². The predicted octanol–water partition coefficient (Wildman–Crippen LogP) is 4.29. The van der Waals surface area contributed by atoms with E-state index in [2.05, 4.69) is 38.8 Å². The number of aromatic nitrogens is 1. The Labute approximate surface area is 409 Å². The number of ether oxygens (including phenoxy) is 2. The second kappa shape index (κ2) is 25.4. The van der Waals surface area contributed by atoms with E-state index < -0.39 is 42.1 Å². The molecular formula is C54H65N7O9. The Hall–Kier alpha value is -7.20. The number of nitrogens with one attached hydrogen (secondary N) is 6. The molecule has 70 heavy (non-hydrogen) atoms. The summed E-state index contributed by atoms with van der Waals surface area (Å²) in [5.74, 6) is -2.90. The van der Waals surface area contributed by atoms with E-state index in [1.54, 1.807) is 0 Å². The number of aryl methyl sites for hydroxylation is 3. The average molecular weight is 956 g/mol. The minimum atomic E-state index is -1.04. The van der Waals surface area contributed by atoms with Gasteiger partial charge in [-0.2, -0.15) is 0 Å². The van der Waals surface area contributed by atoms with E-state index in [1.165, 1.54) is 0 Å². The van der Waals surface area contributed by atoms with Gasteiger partial charge in [0.15, 0.2) is 5.78 Å². The van der Waals surface area contributed by atoms with E-state index in [-0.39, 0.29) is 62.8 Å². The van der Waals surface area contributed by atoms with Gasteiger partial charge in [0.2, 0.25) is 29.5 Å². The Bertz CT molecular complexity index is 2640. The zero-order valence-corrected chi connectivity index (χ0v) is 40.8. The number of nitrogens with zero attached hydrogens (tertiary/aromatic N) is 1. The topological polar surface area (TPSA) is 223 Å². The third-order valence-electron chi connectivity index (χ3n) is 12.6. The number of cyclic esters (lactones) is 1. The van der Waals surface area contributed by atoms with Crippen molar-refractivity contribution in [1.29, 1.82) is 0 Å². The fourth-order valence-corrected chi connectivity index (χ4v) is 8.76. The molecule has 5 amide bonds. The van der Waals surface area contributed by atoms with Gasteiger partial charge in [-0.25, -0.2) is 4.98 Å². The molecule has 2 unspecified atom stereocenters. The van der Waals surface area contributed by atoms with Crippen molar-refractivity contribution in [3.63, 3.8) is 0 Å². The minimum absolute atomic E-state index is 0.00267. The molecule has 2 aliphatic rings. The Balaban J connectivity index is 0.956. The summed E-state index contributed by atoms with van der Waals surface area (Å²) in [6.45, 7) is 9.67. The summed E-state index contributed by atoms with van der Waals surface area (Å²) in [5, 5.41) is 17.1. The van der Waals surface area contributed by atoms with E-state index in [0.29, 0.717) is 50.2 Å². The first kappa shape index (κ1) is 52.2. The molecule has 4 aromatic rings. The lowest BCUT2D eigenvalue weighted by molar-refractivity contribution is -0.148. The minimum Gasteiger partial charge on any atom is -0.492 e. The second-order valence-corrected chi connectivity index (χ2v) is 17.8. The SMILES string of the molecule is CCc1c2c(nc3ccc(OCCNCNC(=O)CNC(=O)C(Cc4ccccc4)NC(=O)CNC(=O)CNC(=O)CCc4cccc(C)c4)cc13)/C(C)=C/C1=C(COC(=O)[C@@H]1CC)C(=O)C(C)CC2. The molecular weight excluding hydrogens is 891 g/mol. The Morgan fingerprint density at radius 2 is 1.56 bits per heavy atom. The highest BCUT2D eigenvalue weighted by molar-refractivity contribution is 6.01. The molecule has 0 saturated carbocycles. The van der Waals surface area contributed by atoms with E-state index in [4.69, 9.17) is 14.5 Å². The molecule has 0 saturated heterocycles. The lowest BCUT2D eigenvalue weighted by Crippen LogP contribution is -2.52. The Kier molecular flexibility index (Phi) is 18.9. The molecule has 6 rings (SSSR count). The number of carbonyl (C=O) groups is 7. The number of benzene rings is 3. The number of ketones is 1. The van der Waals surface area contributed by atoms with Crippen molar-refractivity contribution in [3.8, 4) is 5.75 Å². The summed E-state index contributed by atoms with van der Waals surface area (Å²) in [6, 6.07) is 21.7. The van der Waals surface area contributed by atoms with Crippen LogP contribution in [0.1, 0.15) is 80.5 Å². The highest BCUT2D eigenvalue weighted by Crippen LogP contribution is 2.37. The van der Waals surface area contributed by atoms with Crippen LogP contribution in [-0.2, 0) is 64.0 Å². The Morgan fingerprint density at radius 3 is 2.31 bits per heavy atom. The number of fused-ring (bicyclic) bond motifs is 2. The number of hydrogen-bond acceptors (Lipinski definition) is 11. The zero-order chi connectivity index (χ0) is 50.2. The highest BCUT2D eigenvalue weighted by Gasteiger charge is 2.35. The Morgan fingerprint density at radius 1 is 0.829 bits per heavy atom. The molecule has 16 nitrogen and oxygen atoms in total. The first-order chi connectivity index (χ1) is 33.7. The third kappa shape index (κ3) is 14.4. The van der Waals surface area contributed by atoms with Crippen LogP contribution in [0.5, 0.6) is 5.75 Å². The van der Waals surface area contributed by atoms with Gasteiger partial charge in [0.05, 0.1) is 43.4 Å². The predicted molar refractivity (Wildman–Crippen MR) is 266 cm³/mol. The lowest BCUT2D eigenvalue weighted by Gasteiger charge is -2.28. The highest BCUT2D eigenvalue weighted by atomic mass is 16.5. The van der Waals surface area contributed by atoms with Crippen molar-refractivity contribution in [2.45, 2.75) is 85.6 Å². The lowest BCUT2D eigenvalue weighted by atomic mass is 9.81. The van der Waals surface area contributed by atoms with E-state index in [9.17, 15) is 33.6 Å². The quantitative estimate of drug-likeness (QED) is 0.0393. The largest absolute Gasteiger partial charge is 0.492 e. The number of rotatable bonds is 21. The van der Waals surface area contributed by atoms with Gasteiger partial charge in [0.1, 0.15) is 25.0 Å². The molecule has 0 bridgehead atoms. The first-order valence-corrected chi connectivity index (χ1v) is 24.1. The van der Waals surface area contributed by atoms with Crippen molar-refractivity contribution < 1.29 is 43.0 Å². The third-order valence-corrected chi connectivity index (χ3v) is 12.6. The summed E-state index contributed by atoms with van der Waals surface area (Å²) in [6.07, 6.45) is 5.41. The van der Waals surface area contributed by atoms with Crippen molar-refractivity contribution in [2.24, 2.45) is 11.8 Å². The number of amides is 5. The van der Waals surface area contributed by atoms with Crippen LogP contribution in [-0.4, -0.2) is 98.4 Å². The van der Waals surface area contributed by atoms with Gasteiger partial charge in [-0.05, 0) is 97.6 Å². The van der Waals surface area contributed by atoms with Gasteiger partial charge < -0.3 is 36.1 Å². The monoisotopic (exact) mass is 955 g/mol. The normalized spacial score (nSPS) is 16.9. The molecule has 370 valence electrons. The average Bonchev–Trinajstić information content (AvgIpc) is 3.35. The van der Waals surface area contributed by atoms with Gasteiger partial charge in [-0.3, -0.25) is 38.9 Å². The van der Waals surface area contributed by atoms with E-state index in [1.807, 2.05) is 107 Å². The molecule has 16 heteroatoms. The van der Waals surface area contributed by atoms with Crippen molar-refractivity contribution in [2.75, 3.05) is 46.1 Å². The summed E-state index contributed by atoms with van der Waals surface area (Å²) in [7, 11) is 0. The maximum absolute atomic E-state index is 13.7. The number of pyridine rings is 1. The number of carbonyl (C=O) groups excluding carboxylic acids is 7. The van der Waals surface area contributed by atoms with Crippen LogP contribution in [0.2, 0.25) is 0 Å². The first-order valence-electron chi connectivity index (χ1n) is 24.1. The maximum atomic E-state index is 13.7. The fourth-order valence-electron chi connectivity index (χ4n) is 8.76. The number of esters is 1. The fraction of sp³-hybridized carbons (Fsp3) is 0.407. The summed E-state index contributed by atoms with van der Waals surface area (Å²) >= 11 is 0. The van der Waals surface area contributed by atoms with Crippen LogP contribution in [0.25, 0.3) is 16.5 Å². The molecule has 3 atom stereocenters. The van der Waals surface area contributed by atoms with Crippen LogP contribution in [0.15, 0.2) is 90.0 Å². The molecule has 0 fully saturated rings. The van der Waals surface area contributed by atoms with Crippen molar-refractivity contribution in [1.82, 2.24) is 36.9 Å². The molecule has 2 heterocycles. The standard InChI is InChI=1S/C54H65N7O9/c1-6-39-41-19-16-34(4)52(66)44-31-70-54(68)40(7-2)42(44)25-35(5)51(41)61-45-20-18-38(27-43(39)45)69-23-22-55-32-59-49(64)29-58-53(67)46(26-36-13-9-8-10-14-36)60-50(65)30-57-48(63)28-56-47(62)21-17-37-15-11-12-33(3)24-37/h8-15,18,20,24-25,27,34,40,46,55H,6-7,16-17,19,21-23,26,28-32H2,1-5H3,(H,56,62)(H,57,63)(H,58,67)(H,59,64)(H,60,65)/b35-25+/t34?,40-,46?/m1/s1. The van der Waals surface area contributed by atoms with Crippen molar-refractivity contribution in [3.05, 3.63) is 124 Å². The molecule has 0 radical (unpaired) electrons. The van der Waals surface area contributed by atoms with Crippen LogP contribution in [0.3, 0.4) is 0 Å². The van der Waals surface area contributed by atoms with Crippen LogP contribution < -0.4 is 36.6 Å². The van der Waals surface area contributed by atoms with Gasteiger partial charge in [-0.15, -0.1) is 0 Å². The van der Waals surface area contributed by atoms with E-state index >= 15 is 0 Å². The number of Topliss-reactive ketones (excluding diaryl/α,β-unsaturated/α-hetero) is 1. The number of hydrogen-bond donors (Lipinski definition) is 6. The van der Waals surface area contributed by atoms with Crippen molar-refractivity contribution >= 4 is 57.8 Å².